The molecule has 0 saturated carbocycles. The van der Waals surface area contributed by atoms with Gasteiger partial charge in [-0.25, -0.2) is 4.79 Å². The minimum Gasteiger partial charge on any atom is -0.390 e. The molecular weight excluding hydrogens is 290 g/mol. The summed E-state index contributed by atoms with van der Waals surface area (Å²) in [5, 5.41) is 16.1. The topological polar surface area (TPSA) is 64.6 Å². The van der Waals surface area contributed by atoms with E-state index in [0.717, 1.165) is 30.8 Å². The number of hydrogen-bond acceptors (Lipinski definition) is 3. The Morgan fingerprint density at radius 3 is 2.83 bits per heavy atom. The summed E-state index contributed by atoms with van der Waals surface area (Å²) in [4.78, 5) is 14.7. The summed E-state index contributed by atoms with van der Waals surface area (Å²) >= 11 is 0. The first kappa shape index (κ1) is 16.3. The maximum atomic E-state index is 12.3. The van der Waals surface area contributed by atoms with E-state index in [1.54, 1.807) is 0 Å². The lowest BCUT2D eigenvalue weighted by Crippen LogP contribution is -2.48. The van der Waals surface area contributed by atoms with Crippen molar-refractivity contribution in [2.24, 2.45) is 0 Å². The number of nitrogens with zero attached hydrogens (tertiary/aromatic N) is 1. The van der Waals surface area contributed by atoms with Crippen molar-refractivity contribution in [2.45, 2.75) is 50.8 Å². The van der Waals surface area contributed by atoms with Gasteiger partial charge in [0, 0.05) is 19.0 Å². The van der Waals surface area contributed by atoms with Crippen LogP contribution in [-0.2, 0) is 6.42 Å². The predicted molar refractivity (Wildman–Crippen MR) is 90.3 cm³/mol. The number of fused-ring (bicyclic) bond motifs is 1. The van der Waals surface area contributed by atoms with E-state index in [4.69, 9.17) is 0 Å². The second-order valence-corrected chi connectivity index (χ2v) is 6.83. The smallest absolute Gasteiger partial charge is 0.315 e. The summed E-state index contributed by atoms with van der Waals surface area (Å²) in [6.45, 7) is 5.18. The van der Waals surface area contributed by atoms with Crippen molar-refractivity contribution >= 4 is 6.03 Å². The Balaban J connectivity index is 1.51. The van der Waals surface area contributed by atoms with Gasteiger partial charge in [0.05, 0.1) is 12.1 Å². The number of aliphatic hydroxyl groups excluding tert-OH is 1. The molecule has 1 aliphatic carbocycles. The van der Waals surface area contributed by atoms with Crippen molar-refractivity contribution in [3.63, 3.8) is 0 Å². The molecule has 1 aromatic rings. The summed E-state index contributed by atoms with van der Waals surface area (Å²) in [6.07, 6.45) is 3.88. The number of carbonyl (C=O) groups is 1. The summed E-state index contributed by atoms with van der Waals surface area (Å²) < 4.78 is 0. The average molecular weight is 317 g/mol. The highest BCUT2D eigenvalue weighted by atomic mass is 16.3. The molecule has 2 amide bonds. The van der Waals surface area contributed by atoms with E-state index >= 15 is 0 Å². The molecule has 3 rings (SSSR count). The fourth-order valence-electron chi connectivity index (χ4n) is 3.73. The normalized spacial score (nSPS) is 25.7. The van der Waals surface area contributed by atoms with E-state index in [9.17, 15) is 9.90 Å². The number of amides is 2. The highest BCUT2D eigenvalue weighted by molar-refractivity contribution is 5.75. The molecule has 5 nitrogen and oxygen atoms in total. The van der Waals surface area contributed by atoms with E-state index in [2.05, 4.69) is 15.5 Å². The Morgan fingerprint density at radius 2 is 2.04 bits per heavy atom. The predicted octanol–water partition coefficient (Wildman–Crippen LogP) is 1.82. The standard InChI is InChI=1S/C18H27N3O2/c1-13(12-21-9-5-2-6-10-21)19-18(23)20-17-15-8-4-3-7-14(15)11-16(17)22/h3-4,7-8,13,16-17,22H,2,5-6,9-12H2,1H3,(H2,19,20,23). The number of piperidine rings is 1. The van der Waals surface area contributed by atoms with E-state index in [0.29, 0.717) is 6.42 Å². The molecule has 3 N–H and O–H groups in total. The lowest BCUT2D eigenvalue weighted by molar-refractivity contribution is 0.141. The Bertz CT molecular complexity index is 543. The van der Waals surface area contributed by atoms with Gasteiger partial charge in [-0.3, -0.25) is 0 Å². The van der Waals surface area contributed by atoms with Crippen LogP contribution in [0.4, 0.5) is 4.79 Å². The van der Waals surface area contributed by atoms with Crippen molar-refractivity contribution in [3.8, 4) is 0 Å². The molecular formula is C18H27N3O2. The molecule has 0 spiro atoms. The lowest BCUT2D eigenvalue weighted by Gasteiger charge is -2.29. The van der Waals surface area contributed by atoms with Crippen molar-refractivity contribution < 1.29 is 9.90 Å². The third-order valence-electron chi connectivity index (χ3n) is 4.85. The summed E-state index contributed by atoms with van der Waals surface area (Å²) in [5.74, 6) is 0. The van der Waals surface area contributed by atoms with Gasteiger partial charge in [0.2, 0.25) is 0 Å². The summed E-state index contributed by atoms with van der Waals surface area (Å²) in [7, 11) is 0. The minimum absolute atomic E-state index is 0.0990. The second kappa shape index (κ2) is 7.32. The van der Waals surface area contributed by atoms with Crippen LogP contribution >= 0.6 is 0 Å². The minimum atomic E-state index is -0.546. The van der Waals surface area contributed by atoms with Crippen LogP contribution in [0.3, 0.4) is 0 Å². The highest BCUT2D eigenvalue weighted by Gasteiger charge is 2.32. The molecule has 1 aromatic carbocycles. The molecule has 0 radical (unpaired) electrons. The van der Waals surface area contributed by atoms with E-state index in [1.165, 1.54) is 19.3 Å². The molecule has 1 heterocycles. The molecule has 0 aromatic heterocycles. The van der Waals surface area contributed by atoms with Gasteiger partial charge in [-0.2, -0.15) is 0 Å². The first-order valence-corrected chi connectivity index (χ1v) is 8.69. The Morgan fingerprint density at radius 1 is 1.30 bits per heavy atom. The molecule has 0 bridgehead atoms. The Kier molecular flexibility index (Phi) is 5.18. The van der Waals surface area contributed by atoms with Gasteiger partial charge in [-0.05, 0) is 44.0 Å². The first-order valence-electron chi connectivity index (χ1n) is 8.69. The van der Waals surface area contributed by atoms with Gasteiger partial charge in [0.15, 0.2) is 0 Å². The largest absolute Gasteiger partial charge is 0.390 e. The summed E-state index contributed by atoms with van der Waals surface area (Å²) in [6, 6.07) is 7.49. The molecule has 1 fully saturated rings. The highest BCUT2D eigenvalue weighted by Crippen LogP contribution is 2.31. The van der Waals surface area contributed by atoms with Crippen LogP contribution in [0.2, 0.25) is 0 Å². The zero-order chi connectivity index (χ0) is 16.2. The Labute approximate surface area is 138 Å². The monoisotopic (exact) mass is 317 g/mol. The third-order valence-corrected chi connectivity index (χ3v) is 4.85. The third kappa shape index (κ3) is 4.03. The maximum absolute atomic E-state index is 12.3. The van der Waals surface area contributed by atoms with E-state index in [-0.39, 0.29) is 18.1 Å². The van der Waals surface area contributed by atoms with Crippen LogP contribution in [0.25, 0.3) is 0 Å². The fourth-order valence-corrected chi connectivity index (χ4v) is 3.73. The van der Waals surface area contributed by atoms with Crippen molar-refractivity contribution in [1.29, 1.82) is 0 Å². The number of urea groups is 1. The molecule has 5 heteroatoms. The molecule has 2 aliphatic rings. The van der Waals surface area contributed by atoms with Gasteiger partial charge in [-0.15, -0.1) is 0 Å². The molecule has 1 saturated heterocycles. The van der Waals surface area contributed by atoms with Gasteiger partial charge < -0.3 is 20.6 Å². The van der Waals surface area contributed by atoms with Crippen LogP contribution < -0.4 is 10.6 Å². The SMILES string of the molecule is CC(CN1CCCCC1)NC(=O)NC1c2ccccc2CC1O. The number of nitrogens with one attached hydrogen (secondary N) is 2. The van der Waals surface area contributed by atoms with Crippen molar-refractivity contribution in [1.82, 2.24) is 15.5 Å². The van der Waals surface area contributed by atoms with Gasteiger partial charge >= 0.3 is 6.03 Å². The van der Waals surface area contributed by atoms with Crippen LogP contribution in [0.1, 0.15) is 43.4 Å². The average Bonchev–Trinajstić information content (AvgIpc) is 2.84. The molecule has 23 heavy (non-hydrogen) atoms. The van der Waals surface area contributed by atoms with Gasteiger partial charge in [0.25, 0.3) is 0 Å². The molecule has 3 atom stereocenters. The zero-order valence-electron chi connectivity index (χ0n) is 13.8. The van der Waals surface area contributed by atoms with Crippen LogP contribution in [0, 0.1) is 0 Å². The van der Waals surface area contributed by atoms with Crippen LogP contribution in [0.5, 0.6) is 0 Å². The number of carbonyl (C=O) groups excluding carboxylic acids is 1. The van der Waals surface area contributed by atoms with E-state index < -0.39 is 6.10 Å². The molecule has 126 valence electrons. The number of likely N-dealkylation sites (tertiary alicyclic amines) is 1. The van der Waals surface area contributed by atoms with Gasteiger partial charge in [-0.1, -0.05) is 30.7 Å². The second-order valence-electron chi connectivity index (χ2n) is 6.83. The van der Waals surface area contributed by atoms with Crippen LogP contribution in [0.15, 0.2) is 24.3 Å². The Hall–Kier alpha value is -1.59. The van der Waals surface area contributed by atoms with Crippen molar-refractivity contribution in [2.75, 3.05) is 19.6 Å². The maximum Gasteiger partial charge on any atom is 0.315 e. The molecule has 3 unspecified atom stereocenters. The lowest BCUT2D eigenvalue weighted by atomic mass is 10.1. The van der Waals surface area contributed by atoms with Gasteiger partial charge in [0.1, 0.15) is 0 Å². The number of hydrogen-bond donors (Lipinski definition) is 3. The van der Waals surface area contributed by atoms with E-state index in [1.807, 2.05) is 31.2 Å². The van der Waals surface area contributed by atoms with Crippen molar-refractivity contribution in [3.05, 3.63) is 35.4 Å². The number of rotatable bonds is 4. The summed E-state index contributed by atoms with van der Waals surface area (Å²) in [5.41, 5.74) is 2.14. The number of aliphatic hydroxyl groups is 1. The molecule has 1 aliphatic heterocycles. The first-order chi connectivity index (χ1) is 11.1. The van der Waals surface area contributed by atoms with Crippen LogP contribution in [-0.4, -0.2) is 47.8 Å². The zero-order valence-corrected chi connectivity index (χ0v) is 13.8. The number of benzene rings is 1. The fraction of sp³-hybridized carbons (Fsp3) is 0.611. The quantitative estimate of drug-likeness (QED) is 0.794.